The molecular weight excluding hydrogens is 257 g/mol. The number of halogens is 1. The number of pyridine rings is 1. The van der Waals surface area contributed by atoms with E-state index in [1.165, 1.54) is 0 Å². The van der Waals surface area contributed by atoms with E-state index >= 15 is 0 Å². The Bertz CT molecular complexity index is 330. The van der Waals surface area contributed by atoms with Gasteiger partial charge in [0.05, 0.1) is 5.75 Å². The van der Waals surface area contributed by atoms with Crippen LogP contribution >= 0.6 is 0 Å². The average Bonchev–Trinajstić information content (AvgIpc) is 2.30. The predicted octanol–water partition coefficient (Wildman–Crippen LogP) is 3.08. The van der Waals surface area contributed by atoms with Crippen LogP contribution in [-0.2, 0) is 10.1 Å². The van der Waals surface area contributed by atoms with E-state index in [0.29, 0.717) is 6.42 Å². The van der Waals surface area contributed by atoms with Gasteiger partial charge in [-0.25, -0.2) is 0 Å². The zero-order valence-corrected chi connectivity index (χ0v) is 11.5. The summed E-state index contributed by atoms with van der Waals surface area (Å²) < 4.78 is 28.8. The predicted molar refractivity (Wildman–Crippen MR) is 71.9 cm³/mol. The van der Waals surface area contributed by atoms with Gasteiger partial charge in [0, 0.05) is 12.4 Å². The molecule has 0 aromatic carbocycles. The second kappa shape index (κ2) is 12.4. The molecule has 4 nitrogen and oxygen atoms in total. The molecular formula is C12H22FNO3S. The molecule has 0 unspecified atom stereocenters. The maximum Gasteiger partial charge on any atom is 0.264 e. The highest BCUT2D eigenvalue weighted by Gasteiger charge is 2.02. The highest BCUT2D eigenvalue weighted by atomic mass is 32.2. The third kappa shape index (κ3) is 17.4. The van der Waals surface area contributed by atoms with E-state index in [1.54, 1.807) is 12.4 Å². The van der Waals surface area contributed by atoms with Crippen LogP contribution in [0.2, 0.25) is 0 Å². The summed E-state index contributed by atoms with van der Waals surface area (Å²) in [7, 11) is -3.71. The van der Waals surface area contributed by atoms with Crippen molar-refractivity contribution in [2.24, 2.45) is 0 Å². The van der Waals surface area contributed by atoms with Gasteiger partial charge < -0.3 is 0 Å². The van der Waals surface area contributed by atoms with Gasteiger partial charge in [-0.05, 0) is 18.6 Å². The van der Waals surface area contributed by atoms with Crippen molar-refractivity contribution in [1.29, 1.82) is 0 Å². The lowest BCUT2D eigenvalue weighted by molar-refractivity contribution is 0.479. The van der Waals surface area contributed by atoms with Crippen molar-refractivity contribution in [3.8, 4) is 0 Å². The Labute approximate surface area is 109 Å². The van der Waals surface area contributed by atoms with Crippen LogP contribution in [0.3, 0.4) is 0 Å². The summed E-state index contributed by atoms with van der Waals surface area (Å²) in [6.45, 7) is 2.10. The van der Waals surface area contributed by atoms with E-state index < -0.39 is 10.1 Å². The van der Waals surface area contributed by atoms with Crippen LogP contribution in [0.15, 0.2) is 30.6 Å². The van der Waals surface area contributed by atoms with Crippen LogP contribution in [0, 0.1) is 0 Å². The second-order valence-corrected chi connectivity index (χ2v) is 5.30. The number of hydrogen-bond acceptors (Lipinski definition) is 3. The summed E-state index contributed by atoms with van der Waals surface area (Å²) in [6.07, 6.45) is 8.33. The zero-order valence-electron chi connectivity index (χ0n) is 10.7. The summed E-state index contributed by atoms with van der Waals surface area (Å²) in [5.74, 6) is -0.0866. The summed E-state index contributed by atoms with van der Waals surface area (Å²) in [6, 6.07) is 5.72. The Morgan fingerprint density at radius 1 is 1.00 bits per heavy atom. The van der Waals surface area contributed by atoms with Crippen LogP contribution in [0.5, 0.6) is 0 Å². The van der Waals surface area contributed by atoms with E-state index in [1.807, 2.05) is 18.2 Å². The van der Waals surface area contributed by atoms with E-state index in [-0.39, 0.29) is 10.5 Å². The lowest BCUT2D eigenvalue weighted by Crippen LogP contribution is -2.03. The summed E-state index contributed by atoms with van der Waals surface area (Å²) in [5.41, 5.74) is 0. The van der Waals surface area contributed by atoms with Gasteiger partial charge in [-0.2, -0.15) is 8.42 Å². The largest absolute Gasteiger partial charge is 0.286 e. The molecule has 1 heterocycles. The summed E-state index contributed by atoms with van der Waals surface area (Å²) in [4.78, 5) is 3.78. The molecule has 0 fully saturated rings. The first-order chi connectivity index (χ1) is 8.06. The quantitative estimate of drug-likeness (QED) is 0.642. The topological polar surface area (TPSA) is 67.3 Å². The standard InChI is InChI=1S/C7H16O3S.C5H5N.FH/c1-2-3-4-5-6-7-11(8,9)10;1-2-4-6-5-3-1;/h2-7H2,1H3,(H,8,9,10);1-5H;1H. The Morgan fingerprint density at radius 3 is 1.89 bits per heavy atom. The summed E-state index contributed by atoms with van der Waals surface area (Å²) in [5, 5.41) is 0. The van der Waals surface area contributed by atoms with Gasteiger partial charge in [0.1, 0.15) is 0 Å². The third-order valence-electron chi connectivity index (χ3n) is 2.07. The number of unbranched alkanes of at least 4 members (excludes halogenated alkanes) is 4. The van der Waals surface area contributed by atoms with Crippen LogP contribution in [0.4, 0.5) is 4.70 Å². The fourth-order valence-corrected chi connectivity index (χ4v) is 1.77. The number of hydrogen-bond donors (Lipinski definition) is 1. The van der Waals surface area contributed by atoms with Crippen molar-refractivity contribution in [2.75, 3.05) is 5.75 Å². The zero-order chi connectivity index (χ0) is 13.0. The molecule has 0 aliphatic carbocycles. The molecule has 18 heavy (non-hydrogen) atoms. The van der Waals surface area contributed by atoms with Crippen LogP contribution < -0.4 is 0 Å². The SMILES string of the molecule is CCCCCCCS(=O)(=O)O.F.c1ccncc1. The minimum atomic E-state index is -3.71. The first-order valence-electron chi connectivity index (χ1n) is 5.86. The van der Waals surface area contributed by atoms with E-state index in [2.05, 4.69) is 11.9 Å². The van der Waals surface area contributed by atoms with Gasteiger partial charge in [0.2, 0.25) is 0 Å². The monoisotopic (exact) mass is 279 g/mol. The van der Waals surface area contributed by atoms with E-state index in [0.717, 1.165) is 25.7 Å². The molecule has 0 atom stereocenters. The van der Waals surface area contributed by atoms with Crippen LogP contribution in [-0.4, -0.2) is 23.7 Å². The van der Waals surface area contributed by atoms with Gasteiger partial charge in [0.15, 0.2) is 0 Å². The van der Waals surface area contributed by atoms with Crippen molar-refractivity contribution in [3.63, 3.8) is 0 Å². The fourth-order valence-electron chi connectivity index (χ4n) is 1.20. The fraction of sp³-hybridized carbons (Fsp3) is 0.583. The van der Waals surface area contributed by atoms with Gasteiger partial charge >= 0.3 is 0 Å². The minimum absolute atomic E-state index is 0. The molecule has 0 spiro atoms. The molecule has 1 aromatic rings. The van der Waals surface area contributed by atoms with Crippen molar-refractivity contribution >= 4 is 10.1 Å². The molecule has 1 rings (SSSR count). The Balaban J connectivity index is 0. The molecule has 0 aliphatic rings. The maximum atomic E-state index is 10.2. The van der Waals surface area contributed by atoms with Crippen LogP contribution in [0.25, 0.3) is 0 Å². The highest BCUT2D eigenvalue weighted by molar-refractivity contribution is 7.85. The number of nitrogens with zero attached hydrogens (tertiary/aromatic N) is 1. The Morgan fingerprint density at radius 2 is 1.56 bits per heavy atom. The molecule has 6 heteroatoms. The molecule has 1 N–H and O–H groups in total. The molecule has 1 aromatic heterocycles. The summed E-state index contributed by atoms with van der Waals surface area (Å²) >= 11 is 0. The smallest absolute Gasteiger partial charge is 0.264 e. The van der Waals surface area contributed by atoms with E-state index in [4.69, 9.17) is 4.55 Å². The van der Waals surface area contributed by atoms with Crippen molar-refractivity contribution in [1.82, 2.24) is 4.98 Å². The minimum Gasteiger partial charge on any atom is -0.286 e. The van der Waals surface area contributed by atoms with E-state index in [9.17, 15) is 8.42 Å². The molecule has 0 saturated heterocycles. The normalized spacial score (nSPS) is 9.89. The van der Waals surface area contributed by atoms with Crippen molar-refractivity contribution in [2.45, 2.75) is 39.0 Å². The van der Waals surface area contributed by atoms with Crippen molar-refractivity contribution in [3.05, 3.63) is 30.6 Å². The lowest BCUT2D eigenvalue weighted by atomic mass is 10.2. The van der Waals surface area contributed by atoms with Gasteiger partial charge in [-0.3, -0.25) is 14.2 Å². The Kier molecular flexibility index (Phi) is 13.4. The van der Waals surface area contributed by atoms with Crippen molar-refractivity contribution < 1.29 is 17.7 Å². The highest BCUT2D eigenvalue weighted by Crippen LogP contribution is 2.03. The molecule has 0 amide bonds. The number of rotatable bonds is 6. The molecule has 106 valence electrons. The first-order valence-corrected chi connectivity index (χ1v) is 7.47. The maximum absolute atomic E-state index is 10.2. The average molecular weight is 279 g/mol. The van der Waals surface area contributed by atoms with Gasteiger partial charge in [-0.15, -0.1) is 0 Å². The molecule has 0 radical (unpaired) electrons. The molecule has 0 saturated carbocycles. The molecule has 0 bridgehead atoms. The second-order valence-electron chi connectivity index (χ2n) is 3.72. The first kappa shape index (κ1) is 19.3. The molecule has 0 aliphatic heterocycles. The van der Waals surface area contributed by atoms with Gasteiger partial charge in [-0.1, -0.05) is 38.7 Å². The number of aromatic nitrogens is 1. The Hall–Kier alpha value is -1.01. The lowest BCUT2D eigenvalue weighted by Gasteiger charge is -1.96. The van der Waals surface area contributed by atoms with Crippen LogP contribution in [0.1, 0.15) is 39.0 Å². The third-order valence-corrected chi connectivity index (χ3v) is 2.88. The van der Waals surface area contributed by atoms with Gasteiger partial charge in [0.25, 0.3) is 10.1 Å².